The third kappa shape index (κ3) is 12.6. The molecule has 9 nitrogen and oxygen atoms in total. The summed E-state index contributed by atoms with van der Waals surface area (Å²) in [5.41, 5.74) is 4.30. The molecule has 214 valence electrons. The van der Waals surface area contributed by atoms with Crippen LogP contribution < -0.4 is 5.32 Å². The van der Waals surface area contributed by atoms with Gasteiger partial charge in [0.15, 0.2) is 5.78 Å². The highest BCUT2D eigenvalue weighted by Crippen LogP contribution is 2.16. The number of hydrogen-bond donors (Lipinski definition) is 1. The molecule has 0 radical (unpaired) electrons. The predicted molar refractivity (Wildman–Crippen MR) is 156 cm³/mol. The number of aryl methyl sites for hydroxylation is 2. The number of carbonyl (C=O) groups excluding carboxylic acids is 4. The number of carbonyl (C=O) groups is 4. The summed E-state index contributed by atoms with van der Waals surface area (Å²) in [6, 6.07) is 6.33. The fourth-order valence-electron chi connectivity index (χ4n) is 3.87. The Morgan fingerprint density at radius 1 is 1.03 bits per heavy atom. The molecule has 1 aromatic carbocycles. The van der Waals surface area contributed by atoms with Crippen molar-refractivity contribution in [1.82, 2.24) is 24.6 Å². The molecule has 4 rings (SSSR count). The van der Waals surface area contributed by atoms with E-state index in [0.717, 1.165) is 19.0 Å². The van der Waals surface area contributed by atoms with E-state index in [1.54, 1.807) is 36.1 Å². The Labute approximate surface area is 233 Å². The minimum atomic E-state index is 0.0203. The second kappa shape index (κ2) is 20.3. The predicted octanol–water partition coefficient (Wildman–Crippen LogP) is 4.63. The molecule has 1 N–H and O–H groups in total. The lowest BCUT2D eigenvalue weighted by Crippen LogP contribution is -2.29. The number of hydrogen-bond acceptors (Lipinski definition) is 7. The maximum Gasteiger partial charge on any atom is 0.233 e. The van der Waals surface area contributed by atoms with E-state index in [0.29, 0.717) is 17.9 Å². The van der Waals surface area contributed by atoms with Gasteiger partial charge in [0, 0.05) is 51.3 Å². The normalized spacial score (nSPS) is 14.0. The molecule has 0 aliphatic carbocycles. The second-order valence-corrected chi connectivity index (χ2v) is 8.96. The zero-order valence-corrected chi connectivity index (χ0v) is 24.4. The van der Waals surface area contributed by atoms with Crippen LogP contribution in [0.1, 0.15) is 74.0 Å². The zero-order valence-electron chi connectivity index (χ0n) is 24.4. The van der Waals surface area contributed by atoms with Gasteiger partial charge in [-0.25, -0.2) is 9.97 Å². The number of rotatable bonds is 5. The number of ketones is 1. The monoisotopic (exact) mass is 539 g/mol. The topological polar surface area (TPSA) is 114 Å². The number of amides is 1. The number of aromatic nitrogens is 3. The van der Waals surface area contributed by atoms with E-state index in [1.807, 2.05) is 32.3 Å². The molecule has 2 aromatic heterocycles. The molecular formula is C30H45N5O4. The average molecular weight is 540 g/mol. The van der Waals surface area contributed by atoms with Gasteiger partial charge in [-0.1, -0.05) is 39.0 Å². The summed E-state index contributed by atoms with van der Waals surface area (Å²) < 4.78 is 1.75. The number of benzene rings is 1. The van der Waals surface area contributed by atoms with E-state index < -0.39 is 0 Å². The molecule has 1 fully saturated rings. The fourth-order valence-corrected chi connectivity index (χ4v) is 3.87. The summed E-state index contributed by atoms with van der Waals surface area (Å²) >= 11 is 0. The van der Waals surface area contributed by atoms with Crippen molar-refractivity contribution >= 4 is 31.0 Å². The van der Waals surface area contributed by atoms with E-state index in [4.69, 9.17) is 9.59 Å². The lowest BCUT2D eigenvalue weighted by atomic mass is 10.0. The van der Waals surface area contributed by atoms with Crippen LogP contribution in [0.2, 0.25) is 0 Å². The Hall–Kier alpha value is -3.72. The molecule has 3 heterocycles. The quantitative estimate of drug-likeness (QED) is 0.470. The van der Waals surface area contributed by atoms with E-state index in [-0.39, 0.29) is 18.2 Å². The lowest BCUT2D eigenvalue weighted by Gasteiger charge is -2.17. The summed E-state index contributed by atoms with van der Waals surface area (Å²) in [5.74, 6) is 1.66. The molecule has 0 bridgehead atoms. The van der Waals surface area contributed by atoms with Gasteiger partial charge in [-0.05, 0) is 55.7 Å². The van der Waals surface area contributed by atoms with Gasteiger partial charge in [0.1, 0.15) is 13.6 Å². The van der Waals surface area contributed by atoms with Gasteiger partial charge in [-0.3, -0.25) is 14.0 Å². The van der Waals surface area contributed by atoms with Gasteiger partial charge in [0.2, 0.25) is 11.7 Å². The van der Waals surface area contributed by atoms with Gasteiger partial charge in [-0.15, -0.1) is 0 Å². The SMILES string of the molecule is C=O.C=O.CC.CC(=O)N1CCCC(C)CC1.Cc1ccc(CNCC(=O)c2cnc3nccn3c2)cc1C. The Morgan fingerprint density at radius 3 is 2.36 bits per heavy atom. The van der Waals surface area contributed by atoms with Gasteiger partial charge in [-0.2, -0.15) is 0 Å². The number of Topliss-reactive ketones (excluding diaryl/α,β-unsaturated/α-hetero) is 1. The molecule has 1 aliphatic rings. The van der Waals surface area contributed by atoms with Crippen LogP contribution in [0.3, 0.4) is 0 Å². The van der Waals surface area contributed by atoms with Crippen LogP contribution >= 0.6 is 0 Å². The van der Waals surface area contributed by atoms with Gasteiger partial charge < -0.3 is 19.8 Å². The summed E-state index contributed by atoms with van der Waals surface area (Å²) in [6.45, 7) is 19.0. The molecule has 1 unspecified atom stereocenters. The lowest BCUT2D eigenvalue weighted by molar-refractivity contribution is -0.128. The molecule has 1 amide bonds. The summed E-state index contributed by atoms with van der Waals surface area (Å²) in [5, 5.41) is 3.19. The number of fused-ring (bicyclic) bond motifs is 1. The molecule has 1 aliphatic heterocycles. The van der Waals surface area contributed by atoms with E-state index >= 15 is 0 Å². The van der Waals surface area contributed by atoms with Crippen LogP contribution in [0.5, 0.6) is 0 Å². The minimum Gasteiger partial charge on any atom is -0.343 e. The fraction of sp³-hybridized carbons (Fsp3) is 0.467. The van der Waals surface area contributed by atoms with E-state index in [1.165, 1.54) is 36.0 Å². The largest absolute Gasteiger partial charge is 0.343 e. The van der Waals surface area contributed by atoms with E-state index in [9.17, 15) is 9.59 Å². The number of nitrogens with one attached hydrogen (secondary N) is 1. The first-order valence-electron chi connectivity index (χ1n) is 13.3. The van der Waals surface area contributed by atoms with Crippen LogP contribution in [0, 0.1) is 19.8 Å². The van der Waals surface area contributed by atoms with Crippen LogP contribution in [0.4, 0.5) is 0 Å². The smallest absolute Gasteiger partial charge is 0.233 e. The molecule has 0 saturated carbocycles. The standard InChI is InChI=1S/C17H18N4O.C9H17NO.C2H6.2CH2O/c1-12-3-4-14(7-13(12)2)8-18-10-16(22)15-9-20-17-19-5-6-21(17)11-15;1-8-4-3-6-10(7-5-8)9(2)11;3*1-2/h3-7,9,11,18H,8,10H2,1-2H3;8H,3-7H2,1-2H3;1-2H3;2*1H2. The van der Waals surface area contributed by atoms with Crippen LogP contribution in [-0.2, 0) is 20.9 Å². The Balaban J connectivity index is 0.000000717. The van der Waals surface area contributed by atoms with Crippen molar-refractivity contribution in [3.05, 3.63) is 65.2 Å². The van der Waals surface area contributed by atoms with Crippen molar-refractivity contribution in [3.8, 4) is 0 Å². The van der Waals surface area contributed by atoms with E-state index in [2.05, 4.69) is 54.3 Å². The number of likely N-dealkylation sites (tertiary alicyclic amines) is 1. The van der Waals surface area contributed by atoms with Crippen molar-refractivity contribution in [1.29, 1.82) is 0 Å². The minimum absolute atomic E-state index is 0.0203. The molecule has 3 aromatic rings. The van der Waals surface area contributed by atoms with Gasteiger partial charge in [0.05, 0.1) is 12.1 Å². The Morgan fingerprint density at radius 2 is 1.72 bits per heavy atom. The van der Waals surface area contributed by atoms with Crippen molar-refractivity contribution in [2.45, 2.75) is 67.3 Å². The average Bonchev–Trinajstić information content (AvgIpc) is 3.33. The maximum atomic E-state index is 12.2. The summed E-state index contributed by atoms with van der Waals surface area (Å²) in [7, 11) is 0. The Kier molecular flexibility index (Phi) is 18.3. The molecule has 9 heteroatoms. The number of imidazole rings is 1. The Bertz CT molecular complexity index is 1130. The highest BCUT2D eigenvalue weighted by Gasteiger charge is 2.14. The van der Waals surface area contributed by atoms with Crippen LogP contribution in [0.25, 0.3) is 5.78 Å². The number of nitrogens with zero attached hydrogens (tertiary/aromatic N) is 4. The zero-order chi connectivity index (χ0) is 29.8. The van der Waals surface area contributed by atoms with Crippen molar-refractivity contribution < 1.29 is 19.2 Å². The maximum absolute atomic E-state index is 12.2. The third-order valence-corrected chi connectivity index (χ3v) is 6.22. The molecular weight excluding hydrogens is 494 g/mol. The van der Waals surface area contributed by atoms with Gasteiger partial charge in [0.25, 0.3) is 0 Å². The first-order valence-corrected chi connectivity index (χ1v) is 13.3. The van der Waals surface area contributed by atoms with Crippen molar-refractivity contribution in [2.75, 3.05) is 19.6 Å². The van der Waals surface area contributed by atoms with Crippen LogP contribution in [0.15, 0.2) is 43.0 Å². The molecule has 1 atom stereocenters. The highest BCUT2D eigenvalue weighted by molar-refractivity contribution is 5.97. The first kappa shape index (κ1) is 35.3. The summed E-state index contributed by atoms with van der Waals surface area (Å²) in [6.07, 6.45) is 10.4. The van der Waals surface area contributed by atoms with Crippen molar-refractivity contribution in [2.24, 2.45) is 5.92 Å². The van der Waals surface area contributed by atoms with Gasteiger partial charge >= 0.3 is 0 Å². The second-order valence-electron chi connectivity index (χ2n) is 8.96. The van der Waals surface area contributed by atoms with Crippen molar-refractivity contribution in [3.63, 3.8) is 0 Å². The molecule has 0 spiro atoms. The summed E-state index contributed by atoms with van der Waals surface area (Å²) in [4.78, 5) is 49.3. The third-order valence-electron chi connectivity index (χ3n) is 6.22. The molecule has 39 heavy (non-hydrogen) atoms. The first-order chi connectivity index (χ1) is 18.8. The molecule has 1 saturated heterocycles. The van der Waals surface area contributed by atoms with Crippen LogP contribution in [-0.4, -0.2) is 64.2 Å². The highest BCUT2D eigenvalue weighted by atomic mass is 16.2.